The Bertz CT molecular complexity index is 906. The van der Waals surface area contributed by atoms with Crippen LogP contribution in [0.5, 0.6) is 0 Å². The smallest absolute Gasteiger partial charge is 0.0886 e. The van der Waals surface area contributed by atoms with Crippen LogP contribution in [0.4, 0.5) is 0 Å². The maximum atomic E-state index is 8.59. The Labute approximate surface area is 153 Å². The van der Waals surface area contributed by atoms with Crippen molar-refractivity contribution in [2.45, 2.75) is 12.7 Å². The van der Waals surface area contributed by atoms with Gasteiger partial charge in [0, 0.05) is 24.5 Å². The van der Waals surface area contributed by atoms with Gasteiger partial charge in [0.05, 0.1) is 19.3 Å². The fourth-order valence-corrected chi connectivity index (χ4v) is 3.85. The molecule has 0 aliphatic carbocycles. The topological polar surface area (TPSA) is 58.0 Å². The van der Waals surface area contributed by atoms with Crippen LogP contribution in [0.2, 0.25) is 10.0 Å². The van der Waals surface area contributed by atoms with E-state index in [0.717, 1.165) is 25.5 Å². The summed E-state index contributed by atoms with van der Waals surface area (Å²) in [5.41, 5.74) is 9.48. The number of rotatable bonds is 6. The van der Waals surface area contributed by atoms with Gasteiger partial charge in [0.2, 0.25) is 0 Å². The summed E-state index contributed by atoms with van der Waals surface area (Å²) in [5, 5.41) is 6.12. The molecule has 0 aliphatic rings. The highest BCUT2D eigenvalue weighted by Gasteiger charge is 2.13. The van der Waals surface area contributed by atoms with Gasteiger partial charge < -0.3 is 4.74 Å². The van der Waals surface area contributed by atoms with Gasteiger partial charge in [0.25, 0.3) is 0 Å². The zero-order valence-electron chi connectivity index (χ0n) is 12.5. The van der Waals surface area contributed by atoms with Gasteiger partial charge in [-0.25, -0.2) is 0 Å². The molecule has 7 heteroatoms. The van der Waals surface area contributed by atoms with Crippen molar-refractivity contribution in [3.63, 3.8) is 0 Å². The average molecular weight is 378 g/mol. The Morgan fingerprint density at radius 2 is 1.96 bits per heavy atom. The van der Waals surface area contributed by atoms with E-state index in [9.17, 15) is 0 Å². The Morgan fingerprint density at radius 1 is 1.12 bits per heavy atom. The molecule has 3 aromatic rings. The van der Waals surface area contributed by atoms with Crippen molar-refractivity contribution in [1.29, 1.82) is 0 Å². The zero-order valence-corrected chi connectivity index (χ0v) is 14.9. The summed E-state index contributed by atoms with van der Waals surface area (Å²) in [6.07, 6.45) is -0.339. The lowest BCUT2D eigenvalue weighted by Crippen LogP contribution is -2.07. The number of azide groups is 1. The second-order valence-corrected chi connectivity index (χ2v) is 7.20. The number of fused-ring (bicyclic) bond motifs is 1. The number of thiophene rings is 1. The van der Waals surface area contributed by atoms with Crippen molar-refractivity contribution in [3.8, 4) is 0 Å². The fraction of sp³-hybridized carbons (Fsp3) is 0.176. The van der Waals surface area contributed by atoms with Crippen LogP contribution in [0.25, 0.3) is 20.5 Å². The predicted molar refractivity (Wildman–Crippen MR) is 99.8 cm³/mol. The lowest BCUT2D eigenvalue weighted by atomic mass is 10.1. The van der Waals surface area contributed by atoms with Gasteiger partial charge in [-0.3, -0.25) is 0 Å². The molecule has 1 heterocycles. The Balaban J connectivity index is 1.77. The Hall–Kier alpha value is -1.75. The molecule has 24 heavy (non-hydrogen) atoms. The van der Waals surface area contributed by atoms with E-state index in [4.69, 9.17) is 33.5 Å². The predicted octanol–water partition coefficient (Wildman–Crippen LogP) is 6.78. The van der Waals surface area contributed by atoms with E-state index < -0.39 is 0 Å². The summed E-state index contributed by atoms with van der Waals surface area (Å²) < 4.78 is 7.11. The van der Waals surface area contributed by atoms with Crippen LogP contribution in [0.1, 0.15) is 16.5 Å². The van der Waals surface area contributed by atoms with Crippen molar-refractivity contribution < 1.29 is 4.74 Å². The molecule has 0 N–H and O–H groups in total. The molecule has 0 unspecified atom stereocenters. The van der Waals surface area contributed by atoms with Gasteiger partial charge in [-0.1, -0.05) is 46.5 Å². The molecule has 1 atom stereocenters. The molecule has 0 radical (unpaired) electrons. The Morgan fingerprint density at radius 3 is 2.75 bits per heavy atom. The maximum absolute atomic E-state index is 8.59. The van der Waals surface area contributed by atoms with E-state index in [1.165, 1.54) is 0 Å². The quantitative estimate of drug-likeness (QED) is 0.265. The highest BCUT2D eigenvalue weighted by Crippen LogP contribution is 2.30. The van der Waals surface area contributed by atoms with E-state index in [0.29, 0.717) is 11.6 Å². The minimum atomic E-state index is -0.339. The molecule has 0 spiro atoms. The normalized spacial score (nSPS) is 12.1. The van der Waals surface area contributed by atoms with Gasteiger partial charge >= 0.3 is 0 Å². The molecule has 1 aromatic heterocycles. The van der Waals surface area contributed by atoms with Crippen molar-refractivity contribution in [1.82, 2.24) is 0 Å². The fourth-order valence-electron chi connectivity index (χ4n) is 2.39. The largest absolute Gasteiger partial charge is 0.368 e. The standard InChI is InChI=1S/C17H13Cl2N3OS/c18-13-3-1-2-11(6-13)16(9-21-22-20)23-10-15-7-12-4-5-14(19)8-17(12)24-15/h1-8,16H,9-10H2/t16-/m0/s1. The number of nitrogens with zero attached hydrogens (tertiary/aromatic N) is 3. The number of ether oxygens (including phenoxy) is 1. The van der Waals surface area contributed by atoms with Crippen LogP contribution in [0.15, 0.2) is 53.6 Å². The summed E-state index contributed by atoms with van der Waals surface area (Å²) >= 11 is 13.7. The maximum Gasteiger partial charge on any atom is 0.0886 e. The zero-order chi connectivity index (χ0) is 16.9. The van der Waals surface area contributed by atoms with Crippen molar-refractivity contribution in [2.24, 2.45) is 5.11 Å². The SMILES string of the molecule is [N-]=[N+]=NC[C@H](OCc1cc2ccc(Cl)cc2s1)c1cccc(Cl)c1. The summed E-state index contributed by atoms with van der Waals surface area (Å²) in [6, 6.07) is 15.3. The first-order chi connectivity index (χ1) is 11.7. The van der Waals surface area contributed by atoms with Crippen LogP contribution in [0.3, 0.4) is 0 Å². The van der Waals surface area contributed by atoms with Crippen molar-refractivity contribution >= 4 is 44.6 Å². The average Bonchev–Trinajstić information content (AvgIpc) is 2.97. The number of hydrogen-bond donors (Lipinski definition) is 0. The highest BCUT2D eigenvalue weighted by molar-refractivity contribution is 7.19. The third-order valence-corrected chi connectivity index (χ3v) is 5.03. The molecule has 3 rings (SSSR count). The molecule has 0 saturated carbocycles. The van der Waals surface area contributed by atoms with Gasteiger partial charge in [-0.05, 0) is 46.8 Å². The van der Waals surface area contributed by atoms with E-state index in [2.05, 4.69) is 16.1 Å². The molecule has 0 saturated heterocycles. The third kappa shape index (κ3) is 4.20. The van der Waals surface area contributed by atoms with Crippen LogP contribution in [-0.4, -0.2) is 6.54 Å². The molecule has 0 fully saturated rings. The molecular weight excluding hydrogens is 365 g/mol. The summed E-state index contributed by atoms with van der Waals surface area (Å²) in [4.78, 5) is 3.91. The first-order valence-electron chi connectivity index (χ1n) is 7.21. The van der Waals surface area contributed by atoms with Crippen LogP contribution >= 0.6 is 34.5 Å². The van der Waals surface area contributed by atoms with Crippen molar-refractivity contribution in [2.75, 3.05) is 6.54 Å². The molecule has 0 bridgehead atoms. The van der Waals surface area contributed by atoms with Gasteiger partial charge in [0.1, 0.15) is 0 Å². The van der Waals surface area contributed by atoms with Gasteiger partial charge in [-0.2, -0.15) is 0 Å². The number of halogens is 2. The first kappa shape index (κ1) is 17.1. The minimum absolute atomic E-state index is 0.216. The molecular formula is C17H13Cl2N3OS. The monoisotopic (exact) mass is 377 g/mol. The lowest BCUT2D eigenvalue weighted by molar-refractivity contribution is 0.0474. The molecule has 2 aromatic carbocycles. The van der Waals surface area contributed by atoms with Crippen LogP contribution in [0, 0.1) is 0 Å². The van der Waals surface area contributed by atoms with Crippen LogP contribution < -0.4 is 0 Å². The third-order valence-electron chi connectivity index (χ3n) is 3.49. The van der Waals surface area contributed by atoms with E-state index in [1.54, 1.807) is 17.4 Å². The molecule has 0 aliphatic heterocycles. The Kier molecular flexibility index (Phi) is 5.61. The van der Waals surface area contributed by atoms with Gasteiger partial charge in [0.15, 0.2) is 0 Å². The second-order valence-electron chi connectivity index (χ2n) is 5.16. The number of hydrogen-bond acceptors (Lipinski definition) is 3. The first-order valence-corrected chi connectivity index (χ1v) is 8.79. The minimum Gasteiger partial charge on any atom is -0.368 e. The molecule has 4 nitrogen and oxygen atoms in total. The van der Waals surface area contributed by atoms with E-state index in [-0.39, 0.29) is 12.6 Å². The lowest BCUT2D eigenvalue weighted by Gasteiger charge is -2.16. The van der Waals surface area contributed by atoms with Crippen molar-refractivity contribution in [3.05, 3.63) is 79.5 Å². The van der Waals surface area contributed by atoms with Crippen LogP contribution in [-0.2, 0) is 11.3 Å². The highest BCUT2D eigenvalue weighted by atomic mass is 35.5. The summed E-state index contributed by atoms with van der Waals surface area (Å²) in [7, 11) is 0. The molecule has 0 amide bonds. The summed E-state index contributed by atoms with van der Waals surface area (Å²) in [6.45, 7) is 0.642. The van der Waals surface area contributed by atoms with E-state index in [1.807, 2.05) is 36.4 Å². The van der Waals surface area contributed by atoms with Gasteiger partial charge in [-0.15, -0.1) is 11.3 Å². The summed E-state index contributed by atoms with van der Waals surface area (Å²) in [5.74, 6) is 0. The number of benzene rings is 2. The van der Waals surface area contributed by atoms with E-state index >= 15 is 0 Å². The molecule has 122 valence electrons. The second kappa shape index (κ2) is 7.88.